The van der Waals surface area contributed by atoms with Crippen molar-refractivity contribution in [3.8, 4) is 11.1 Å². The van der Waals surface area contributed by atoms with Gasteiger partial charge in [-0.1, -0.05) is 48.1 Å². The first kappa shape index (κ1) is 17.6. The van der Waals surface area contributed by atoms with E-state index in [0.717, 1.165) is 40.7 Å². The van der Waals surface area contributed by atoms with Crippen LogP contribution in [0.4, 0.5) is 0 Å². The number of allylic oxidation sites excluding steroid dienone is 3. The van der Waals surface area contributed by atoms with Gasteiger partial charge in [0.15, 0.2) is 5.58 Å². The number of pyridine rings is 1. The fraction of sp³-hybridized carbons (Fsp3) is 0.261. The normalized spacial score (nSPS) is 17.1. The number of rotatable bonds is 4. The number of fused-ring (bicyclic) bond motifs is 1. The van der Waals surface area contributed by atoms with Crippen molar-refractivity contribution in [2.75, 3.05) is 0 Å². The fourth-order valence-corrected chi connectivity index (χ4v) is 3.65. The number of aromatic amines is 1. The van der Waals surface area contributed by atoms with Crippen molar-refractivity contribution < 1.29 is 4.42 Å². The molecule has 1 saturated carbocycles. The summed E-state index contributed by atoms with van der Waals surface area (Å²) in [6.45, 7) is 4.09. The van der Waals surface area contributed by atoms with Crippen LogP contribution in [0.2, 0.25) is 0 Å². The average molecular weight is 360 g/mol. The fourth-order valence-electron chi connectivity index (χ4n) is 3.65. The molecule has 0 unspecified atom stereocenters. The lowest BCUT2D eigenvalue weighted by molar-refractivity contribution is 0.298. The van der Waals surface area contributed by atoms with E-state index in [0.29, 0.717) is 5.58 Å². The summed E-state index contributed by atoms with van der Waals surface area (Å²) in [6, 6.07) is 11.9. The van der Waals surface area contributed by atoms with Gasteiger partial charge in [-0.3, -0.25) is 4.79 Å². The number of nitrogens with one attached hydrogen (secondary N) is 1. The van der Waals surface area contributed by atoms with Crippen molar-refractivity contribution in [3.05, 3.63) is 76.4 Å². The Kier molecular flexibility index (Phi) is 4.36. The molecule has 0 saturated heterocycles. The first-order valence-corrected chi connectivity index (χ1v) is 9.34. The Morgan fingerprint density at radius 1 is 1.15 bits per heavy atom. The summed E-state index contributed by atoms with van der Waals surface area (Å²) in [4.78, 5) is 14.9. The number of hydrogen-bond donors (Lipinski definition) is 2. The van der Waals surface area contributed by atoms with Gasteiger partial charge in [0.05, 0.1) is 0 Å². The van der Waals surface area contributed by atoms with Crippen LogP contribution in [-0.2, 0) is 0 Å². The third-order valence-corrected chi connectivity index (χ3v) is 5.65. The van der Waals surface area contributed by atoms with Crippen LogP contribution in [0.5, 0.6) is 0 Å². The highest BCUT2D eigenvalue weighted by atomic mass is 16.3. The van der Waals surface area contributed by atoms with Crippen molar-refractivity contribution >= 4 is 16.5 Å². The van der Waals surface area contributed by atoms with Gasteiger partial charge in [-0.25, -0.2) is 0 Å². The standard InChI is InChI=1S/C23H24N2O2/c1-15(9-10-16(2)23(24)12-6-13-23)20-19(17-7-4-3-5-8-17)18-11-14-25-22(26)21(18)27-20/h3-5,7-11,14H,6,12-13,24H2,1-2H3,(H,25,26). The van der Waals surface area contributed by atoms with Crippen LogP contribution in [0.25, 0.3) is 27.7 Å². The number of furan rings is 1. The maximum absolute atomic E-state index is 12.2. The third kappa shape index (κ3) is 3.06. The highest BCUT2D eigenvalue weighted by molar-refractivity contribution is 5.99. The van der Waals surface area contributed by atoms with Gasteiger partial charge in [0.2, 0.25) is 0 Å². The molecule has 138 valence electrons. The summed E-state index contributed by atoms with van der Waals surface area (Å²) >= 11 is 0. The number of H-pyrrole nitrogens is 1. The lowest BCUT2D eigenvalue weighted by Gasteiger charge is -2.39. The molecule has 0 aliphatic heterocycles. The Morgan fingerprint density at radius 3 is 2.56 bits per heavy atom. The summed E-state index contributed by atoms with van der Waals surface area (Å²) in [5, 5.41) is 0.822. The Morgan fingerprint density at radius 2 is 1.89 bits per heavy atom. The van der Waals surface area contributed by atoms with Gasteiger partial charge in [0.25, 0.3) is 5.56 Å². The van der Waals surface area contributed by atoms with Crippen molar-refractivity contribution in [1.82, 2.24) is 4.98 Å². The molecular weight excluding hydrogens is 336 g/mol. The molecule has 27 heavy (non-hydrogen) atoms. The molecule has 3 N–H and O–H groups in total. The zero-order valence-electron chi connectivity index (χ0n) is 15.7. The monoisotopic (exact) mass is 360 g/mol. The molecule has 0 amide bonds. The summed E-state index contributed by atoms with van der Waals surface area (Å²) in [5.74, 6) is 0.719. The Labute approximate surface area is 158 Å². The number of aromatic nitrogens is 1. The minimum absolute atomic E-state index is 0.163. The van der Waals surface area contributed by atoms with E-state index in [2.05, 4.69) is 18.0 Å². The maximum atomic E-state index is 12.2. The van der Waals surface area contributed by atoms with E-state index in [1.807, 2.05) is 49.4 Å². The molecule has 4 nitrogen and oxygen atoms in total. The van der Waals surface area contributed by atoms with Crippen LogP contribution < -0.4 is 11.3 Å². The Hall–Kier alpha value is -2.85. The second kappa shape index (κ2) is 6.71. The van der Waals surface area contributed by atoms with Gasteiger partial charge in [-0.2, -0.15) is 0 Å². The smallest absolute Gasteiger partial charge is 0.291 e. The molecule has 0 atom stereocenters. The minimum Gasteiger partial charge on any atom is -0.450 e. The number of hydrogen-bond acceptors (Lipinski definition) is 3. The van der Waals surface area contributed by atoms with Gasteiger partial charge < -0.3 is 15.1 Å². The molecule has 0 bridgehead atoms. The van der Waals surface area contributed by atoms with E-state index in [1.54, 1.807) is 6.20 Å². The van der Waals surface area contributed by atoms with E-state index < -0.39 is 0 Å². The van der Waals surface area contributed by atoms with E-state index in [9.17, 15) is 4.79 Å². The van der Waals surface area contributed by atoms with E-state index in [4.69, 9.17) is 10.2 Å². The van der Waals surface area contributed by atoms with E-state index >= 15 is 0 Å². The van der Waals surface area contributed by atoms with Gasteiger partial charge >= 0.3 is 0 Å². The number of nitrogens with two attached hydrogens (primary N) is 1. The van der Waals surface area contributed by atoms with Crippen molar-refractivity contribution in [2.45, 2.75) is 38.6 Å². The van der Waals surface area contributed by atoms with Gasteiger partial charge in [0, 0.05) is 22.7 Å². The predicted octanol–water partition coefficient (Wildman–Crippen LogP) is 5.02. The summed E-state index contributed by atoms with van der Waals surface area (Å²) in [7, 11) is 0. The zero-order valence-corrected chi connectivity index (χ0v) is 15.7. The second-order valence-electron chi connectivity index (χ2n) is 7.43. The highest BCUT2D eigenvalue weighted by Gasteiger charge is 2.33. The van der Waals surface area contributed by atoms with Crippen molar-refractivity contribution in [1.29, 1.82) is 0 Å². The molecule has 4 heteroatoms. The van der Waals surface area contributed by atoms with Gasteiger partial charge in [-0.15, -0.1) is 0 Å². The molecule has 1 aromatic carbocycles. The molecular formula is C23H24N2O2. The van der Waals surface area contributed by atoms with Gasteiger partial charge in [-0.05, 0) is 50.3 Å². The van der Waals surface area contributed by atoms with Crippen LogP contribution in [0.3, 0.4) is 0 Å². The molecule has 1 fully saturated rings. The minimum atomic E-state index is -0.217. The van der Waals surface area contributed by atoms with Crippen LogP contribution in [0.15, 0.2) is 69.5 Å². The molecule has 0 radical (unpaired) electrons. The SMILES string of the molecule is CC(=CC=C(C)C1(N)CCC1)c1oc2c(=O)[nH]ccc2c1-c1ccccc1. The maximum Gasteiger partial charge on any atom is 0.291 e. The molecule has 3 aromatic rings. The first-order valence-electron chi connectivity index (χ1n) is 9.34. The first-order chi connectivity index (χ1) is 13.0. The molecule has 4 rings (SSSR count). The lowest BCUT2D eigenvalue weighted by Crippen LogP contribution is -2.47. The Bertz CT molecular complexity index is 1100. The topological polar surface area (TPSA) is 72.0 Å². The van der Waals surface area contributed by atoms with Crippen molar-refractivity contribution in [2.24, 2.45) is 5.73 Å². The molecule has 2 aromatic heterocycles. The van der Waals surface area contributed by atoms with Crippen LogP contribution in [0.1, 0.15) is 38.9 Å². The molecule has 0 spiro atoms. The van der Waals surface area contributed by atoms with Crippen molar-refractivity contribution in [3.63, 3.8) is 0 Å². The Balaban J connectivity index is 1.86. The lowest BCUT2D eigenvalue weighted by atomic mass is 9.72. The second-order valence-corrected chi connectivity index (χ2v) is 7.43. The summed E-state index contributed by atoms with van der Waals surface area (Å²) in [6.07, 6.45) is 9.06. The highest BCUT2D eigenvalue weighted by Crippen LogP contribution is 2.38. The third-order valence-electron chi connectivity index (χ3n) is 5.65. The van der Waals surface area contributed by atoms with Crippen LogP contribution in [-0.4, -0.2) is 10.5 Å². The summed E-state index contributed by atoms with van der Waals surface area (Å²) in [5.41, 5.74) is 10.5. The zero-order chi connectivity index (χ0) is 19.0. The molecule has 1 aliphatic carbocycles. The van der Waals surface area contributed by atoms with E-state index in [-0.39, 0.29) is 11.1 Å². The summed E-state index contributed by atoms with van der Waals surface area (Å²) < 4.78 is 6.03. The van der Waals surface area contributed by atoms with E-state index in [1.165, 1.54) is 12.0 Å². The van der Waals surface area contributed by atoms with Crippen LogP contribution in [0, 0.1) is 0 Å². The number of benzene rings is 1. The largest absolute Gasteiger partial charge is 0.450 e. The average Bonchev–Trinajstić information content (AvgIpc) is 3.05. The quantitative estimate of drug-likeness (QED) is 0.642. The molecule has 1 aliphatic rings. The van der Waals surface area contributed by atoms with Crippen LogP contribution >= 0.6 is 0 Å². The predicted molar refractivity (Wildman–Crippen MR) is 110 cm³/mol. The van der Waals surface area contributed by atoms with Gasteiger partial charge in [0.1, 0.15) is 5.76 Å². The molecule has 2 heterocycles.